The number of carbonyl (C=O) groups is 2. The Balaban J connectivity index is 3.71. The maximum atomic E-state index is 10.8. The zero-order valence-electron chi connectivity index (χ0n) is 7.99. The van der Waals surface area contributed by atoms with Crippen molar-refractivity contribution >= 4 is 11.9 Å². The molecule has 0 rings (SSSR count). The molecule has 0 aliphatic heterocycles. The minimum absolute atomic E-state index is 0.453. The lowest BCUT2D eigenvalue weighted by molar-refractivity contribution is -0.126. The first-order valence-corrected chi connectivity index (χ1v) is 3.83. The summed E-state index contributed by atoms with van der Waals surface area (Å²) in [6, 6.07) is 0. The van der Waals surface area contributed by atoms with Crippen molar-refractivity contribution in [2.75, 3.05) is 13.2 Å². The molecule has 5 heteroatoms. The first kappa shape index (κ1) is 11.9. The lowest BCUT2D eigenvalue weighted by Crippen LogP contribution is -2.26. The first-order chi connectivity index (χ1) is 5.85. The second-order valence-electron chi connectivity index (χ2n) is 3.45. The molecule has 0 aliphatic carbocycles. The van der Waals surface area contributed by atoms with E-state index in [-0.39, 0.29) is 0 Å². The molecule has 1 N–H and O–H groups in total. The Morgan fingerprint density at radius 2 is 1.85 bits per heavy atom. The van der Waals surface area contributed by atoms with E-state index < -0.39 is 30.8 Å². The Bertz CT molecular complexity index is 191. The Morgan fingerprint density at radius 3 is 2.23 bits per heavy atom. The minimum atomic E-state index is -0.908. The molecule has 76 valence electrons. The van der Waals surface area contributed by atoms with Crippen LogP contribution in [0.3, 0.4) is 0 Å². The molecule has 0 bridgehead atoms. The van der Waals surface area contributed by atoms with Gasteiger partial charge in [0.1, 0.15) is 12.2 Å². The van der Waals surface area contributed by atoms with Crippen LogP contribution in [-0.4, -0.2) is 35.9 Å². The van der Waals surface area contributed by atoms with Crippen molar-refractivity contribution in [1.82, 2.24) is 0 Å². The predicted molar refractivity (Wildman–Crippen MR) is 44.3 cm³/mol. The van der Waals surface area contributed by atoms with Crippen molar-refractivity contribution in [3.8, 4) is 0 Å². The fourth-order valence-corrected chi connectivity index (χ4v) is 0.465. The summed E-state index contributed by atoms with van der Waals surface area (Å²) in [4.78, 5) is 21.3. The third-order valence-corrected chi connectivity index (χ3v) is 0.917. The number of hydrogen-bond donors (Lipinski definition) is 1. The van der Waals surface area contributed by atoms with Crippen molar-refractivity contribution in [2.24, 2.45) is 0 Å². The SMILES string of the molecule is CC(C)(C)OC(=O)OCC(=O)CO. The molecule has 0 unspecified atom stereocenters. The van der Waals surface area contributed by atoms with Gasteiger partial charge in [-0.05, 0) is 20.8 Å². The van der Waals surface area contributed by atoms with Crippen LogP contribution in [0.5, 0.6) is 0 Å². The largest absolute Gasteiger partial charge is 0.509 e. The van der Waals surface area contributed by atoms with Crippen molar-refractivity contribution in [3.63, 3.8) is 0 Å². The highest BCUT2D eigenvalue weighted by Crippen LogP contribution is 2.07. The molecular weight excluding hydrogens is 176 g/mol. The number of carbonyl (C=O) groups excluding carboxylic acids is 2. The van der Waals surface area contributed by atoms with Gasteiger partial charge < -0.3 is 14.6 Å². The number of Topliss-reactive ketones (excluding diaryl/α,β-unsaturated/α-hetero) is 1. The van der Waals surface area contributed by atoms with Gasteiger partial charge in [0, 0.05) is 0 Å². The van der Waals surface area contributed by atoms with Gasteiger partial charge in [-0.2, -0.15) is 0 Å². The van der Waals surface area contributed by atoms with Gasteiger partial charge in [0.2, 0.25) is 0 Å². The monoisotopic (exact) mass is 190 g/mol. The summed E-state index contributed by atoms with van der Waals surface area (Å²) in [5.74, 6) is -0.564. The van der Waals surface area contributed by atoms with Crippen molar-refractivity contribution < 1.29 is 24.2 Å². The molecule has 0 heterocycles. The summed E-state index contributed by atoms with van der Waals surface area (Å²) in [5.41, 5.74) is -0.640. The van der Waals surface area contributed by atoms with Crippen LogP contribution in [-0.2, 0) is 14.3 Å². The molecule has 5 nitrogen and oxygen atoms in total. The van der Waals surface area contributed by atoms with Gasteiger partial charge in [0.25, 0.3) is 0 Å². The van der Waals surface area contributed by atoms with Crippen molar-refractivity contribution in [1.29, 1.82) is 0 Å². The molecule has 0 aromatic rings. The number of rotatable bonds is 3. The molecular formula is C8H14O5. The van der Waals surface area contributed by atoms with E-state index in [9.17, 15) is 9.59 Å². The highest BCUT2D eigenvalue weighted by Gasteiger charge is 2.17. The van der Waals surface area contributed by atoms with Crippen LogP contribution in [0.25, 0.3) is 0 Å². The first-order valence-electron chi connectivity index (χ1n) is 3.83. The maximum absolute atomic E-state index is 10.8. The molecule has 0 saturated carbocycles. The predicted octanol–water partition coefficient (Wildman–Crippen LogP) is 0.499. The summed E-state index contributed by atoms with van der Waals surface area (Å²) < 4.78 is 9.14. The molecule has 0 spiro atoms. The molecule has 0 aliphatic rings. The number of hydrogen-bond acceptors (Lipinski definition) is 5. The fourth-order valence-electron chi connectivity index (χ4n) is 0.465. The van der Waals surface area contributed by atoms with Crippen LogP contribution >= 0.6 is 0 Å². The summed E-state index contributed by atoms with van der Waals surface area (Å²) >= 11 is 0. The number of aliphatic hydroxyl groups is 1. The summed E-state index contributed by atoms with van der Waals surface area (Å²) in [7, 11) is 0. The topological polar surface area (TPSA) is 72.8 Å². The molecule has 0 aromatic heterocycles. The number of aliphatic hydroxyl groups excluding tert-OH is 1. The van der Waals surface area contributed by atoms with Crippen molar-refractivity contribution in [2.45, 2.75) is 26.4 Å². The normalized spacial score (nSPS) is 10.8. The average molecular weight is 190 g/mol. The molecule has 0 radical (unpaired) electrons. The van der Waals surface area contributed by atoms with E-state index in [1.807, 2.05) is 0 Å². The van der Waals surface area contributed by atoms with E-state index in [1.165, 1.54) is 0 Å². The highest BCUT2D eigenvalue weighted by molar-refractivity contribution is 5.82. The molecule has 0 amide bonds. The van der Waals surface area contributed by atoms with E-state index in [1.54, 1.807) is 20.8 Å². The Morgan fingerprint density at radius 1 is 1.31 bits per heavy atom. The van der Waals surface area contributed by atoms with E-state index in [2.05, 4.69) is 4.74 Å². The molecule has 0 fully saturated rings. The highest BCUT2D eigenvalue weighted by atomic mass is 16.7. The molecule has 0 saturated heterocycles. The number of ketones is 1. The van der Waals surface area contributed by atoms with Crippen LogP contribution in [0.2, 0.25) is 0 Å². The average Bonchev–Trinajstić information content (AvgIpc) is 1.97. The van der Waals surface area contributed by atoms with Gasteiger partial charge in [-0.25, -0.2) is 4.79 Å². The van der Waals surface area contributed by atoms with Crippen LogP contribution < -0.4 is 0 Å². The van der Waals surface area contributed by atoms with Gasteiger partial charge >= 0.3 is 6.16 Å². The standard InChI is InChI=1S/C8H14O5/c1-8(2,3)13-7(11)12-5-6(10)4-9/h9H,4-5H2,1-3H3. The Hall–Kier alpha value is -1.10. The van der Waals surface area contributed by atoms with Crippen LogP contribution in [0.4, 0.5) is 4.79 Å². The molecule has 0 atom stereocenters. The van der Waals surface area contributed by atoms with E-state index in [4.69, 9.17) is 9.84 Å². The smallest absolute Gasteiger partial charge is 0.429 e. The summed E-state index contributed by atoms with van der Waals surface area (Å²) in [6.07, 6.45) is -0.908. The van der Waals surface area contributed by atoms with E-state index >= 15 is 0 Å². The van der Waals surface area contributed by atoms with Crippen LogP contribution in [0, 0.1) is 0 Å². The lowest BCUT2D eigenvalue weighted by atomic mass is 10.2. The zero-order valence-corrected chi connectivity index (χ0v) is 7.99. The third kappa shape index (κ3) is 7.27. The van der Waals surface area contributed by atoms with Crippen LogP contribution in [0.1, 0.15) is 20.8 Å². The van der Waals surface area contributed by atoms with Gasteiger partial charge in [-0.3, -0.25) is 4.79 Å². The van der Waals surface area contributed by atoms with E-state index in [0.717, 1.165) is 0 Å². The van der Waals surface area contributed by atoms with Crippen molar-refractivity contribution in [3.05, 3.63) is 0 Å². The second-order valence-corrected chi connectivity index (χ2v) is 3.45. The zero-order chi connectivity index (χ0) is 10.5. The van der Waals surface area contributed by atoms with Gasteiger partial charge in [-0.1, -0.05) is 0 Å². The summed E-state index contributed by atoms with van der Waals surface area (Å²) in [5, 5.41) is 8.30. The minimum Gasteiger partial charge on any atom is -0.429 e. The lowest BCUT2D eigenvalue weighted by Gasteiger charge is -2.18. The van der Waals surface area contributed by atoms with Gasteiger partial charge in [0.15, 0.2) is 12.4 Å². The number of ether oxygens (including phenoxy) is 2. The summed E-state index contributed by atoms with van der Waals surface area (Å²) in [6.45, 7) is 3.96. The maximum Gasteiger partial charge on any atom is 0.509 e. The van der Waals surface area contributed by atoms with Crippen LogP contribution in [0.15, 0.2) is 0 Å². The molecule has 13 heavy (non-hydrogen) atoms. The fraction of sp³-hybridized carbons (Fsp3) is 0.750. The quantitative estimate of drug-likeness (QED) is 0.656. The third-order valence-electron chi connectivity index (χ3n) is 0.917. The van der Waals surface area contributed by atoms with E-state index in [0.29, 0.717) is 0 Å². The van der Waals surface area contributed by atoms with Gasteiger partial charge in [-0.15, -0.1) is 0 Å². The Kier molecular flexibility index (Phi) is 4.40. The Labute approximate surface area is 76.6 Å². The second kappa shape index (κ2) is 4.81. The van der Waals surface area contributed by atoms with Gasteiger partial charge in [0.05, 0.1) is 0 Å². The molecule has 0 aromatic carbocycles.